The van der Waals surface area contributed by atoms with Crippen molar-refractivity contribution in [3.63, 3.8) is 0 Å². The maximum Gasteiger partial charge on any atom is 0.305 e. The van der Waals surface area contributed by atoms with Gasteiger partial charge in [-0.25, -0.2) is 0 Å². The van der Waals surface area contributed by atoms with Crippen LogP contribution in [0.25, 0.3) is 0 Å². The summed E-state index contributed by atoms with van der Waals surface area (Å²) in [6, 6.07) is 5.39. The van der Waals surface area contributed by atoms with Gasteiger partial charge in [0.1, 0.15) is 0 Å². The highest BCUT2D eigenvalue weighted by Crippen LogP contribution is 2.33. The fourth-order valence-electron chi connectivity index (χ4n) is 2.50. The topological polar surface area (TPSA) is 43.8 Å². The van der Waals surface area contributed by atoms with Gasteiger partial charge in [0.05, 0.1) is 6.42 Å². The molecule has 1 aromatic carbocycles. The molecule has 0 amide bonds. The molecule has 0 saturated carbocycles. The number of benzene rings is 1. The van der Waals surface area contributed by atoms with Crippen molar-refractivity contribution < 1.29 is 9.90 Å². The van der Waals surface area contributed by atoms with E-state index in [1.807, 2.05) is 12.1 Å². The lowest BCUT2D eigenvalue weighted by atomic mass is 10.0. The standard InChI is InChI=1S/C14H18BrClN2O2/c1-17-4-6-18(7-5-17)13(9-14(19)20)11-8-10(16)2-3-12(11)15/h2-3,8,13H,4-7,9H2,1H3,(H,19,20). The van der Waals surface area contributed by atoms with Crippen molar-refractivity contribution >= 4 is 33.5 Å². The van der Waals surface area contributed by atoms with E-state index in [0.717, 1.165) is 36.2 Å². The molecule has 1 aliphatic heterocycles. The molecule has 1 atom stereocenters. The summed E-state index contributed by atoms with van der Waals surface area (Å²) in [5, 5.41) is 9.83. The van der Waals surface area contributed by atoms with E-state index in [9.17, 15) is 9.90 Å². The average Bonchev–Trinajstić information content (AvgIpc) is 2.40. The highest BCUT2D eigenvalue weighted by Gasteiger charge is 2.27. The first-order chi connectivity index (χ1) is 9.47. The Morgan fingerprint density at radius 3 is 2.65 bits per heavy atom. The first-order valence-electron chi connectivity index (χ1n) is 6.56. The van der Waals surface area contributed by atoms with Crippen LogP contribution in [-0.2, 0) is 4.79 Å². The maximum atomic E-state index is 11.2. The summed E-state index contributed by atoms with van der Waals surface area (Å²) in [7, 11) is 2.08. The van der Waals surface area contributed by atoms with Gasteiger partial charge in [0.15, 0.2) is 0 Å². The van der Waals surface area contributed by atoms with Gasteiger partial charge in [-0.1, -0.05) is 27.5 Å². The van der Waals surface area contributed by atoms with Gasteiger partial charge in [0.2, 0.25) is 0 Å². The molecule has 1 heterocycles. The second-order valence-electron chi connectivity index (χ2n) is 5.12. The minimum absolute atomic E-state index is 0.0860. The second kappa shape index (κ2) is 6.89. The largest absolute Gasteiger partial charge is 0.481 e. The van der Waals surface area contributed by atoms with Crippen LogP contribution in [0.1, 0.15) is 18.0 Å². The number of nitrogens with zero attached hydrogens (tertiary/aromatic N) is 2. The Bertz CT molecular complexity index is 490. The van der Waals surface area contributed by atoms with Crippen molar-refractivity contribution in [3.05, 3.63) is 33.3 Å². The second-order valence-corrected chi connectivity index (χ2v) is 6.41. The van der Waals surface area contributed by atoms with Crippen molar-refractivity contribution in [3.8, 4) is 0 Å². The highest BCUT2D eigenvalue weighted by atomic mass is 79.9. The van der Waals surface area contributed by atoms with Crippen LogP contribution in [0.5, 0.6) is 0 Å². The van der Waals surface area contributed by atoms with Crippen LogP contribution in [0, 0.1) is 0 Å². The number of halogens is 2. The predicted octanol–water partition coefficient (Wildman–Crippen LogP) is 2.87. The van der Waals surface area contributed by atoms with E-state index < -0.39 is 5.97 Å². The van der Waals surface area contributed by atoms with Crippen molar-refractivity contribution in [2.45, 2.75) is 12.5 Å². The number of piperazine rings is 1. The molecule has 20 heavy (non-hydrogen) atoms. The first-order valence-corrected chi connectivity index (χ1v) is 7.74. The lowest BCUT2D eigenvalue weighted by Gasteiger charge is -2.38. The lowest BCUT2D eigenvalue weighted by Crippen LogP contribution is -2.46. The molecule has 0 aliphatic carbocycles. The van der Waals surface area contributed by atoms with E-state index in [2.05, 4.69) is 32.8 Å². The number of aliphatic carboxylic acids is 1. The van der Waals surface area contributed by atoms with E-state index in [0.29, 0.717) is 5.02 Å². The molecule has 0 bridgehead atoms. The molecule has 6 heteroatoms. The van der Waals surface area contributed by atoms with E-state index >= 15 is 0 Å². The zero-order valence-corrected chi connectivity index (χ0v) is 13.7. The van der Waals surface area contributed by atoms with Gasteiger partial charge in [-0.05, 0) is 30.8 Å². The minimum atomic E-state index is -0.791. The predicted molar refractivity (Wildman–Crippen MR) is 83.2 cm³/mol. The molecular weight excluding hydrogens is 344 g/mol. The fraction of sp³-hybridized carbons (Fsp3) is 0.500. The quantitative estimate of drug-likeness (QED) is 0.895. The third kappa shape index (κ3) is 3.95. The number of likely N-dealkylation sites (N-methyl/N-ethyl adjacent to an activating group) is 1. The Morgan fingerprint density at radius 1 is 1.40 bits per heavy atom. The van der Waals surface area contributed by atoms with Crippen LogP contribution >= 0.6 is 27.5 Å². The van der Waals surface area contributed by atoms with Crippen molar-refractivity contribution in [2.24, 2.45) is 0 Å². The highest BCUT2D eigenvalue weighted by molar-refractivity contribution is 9.10. The monoisotopic (exact) mass is 360 g/mol. The Morgan fingerprint density at radius 2 is 2.05 bits per heavy atom. The number of rotatable bonds is 4. The molecule has 2 rings (SSSR count). The Hall–Kier alpha value is -0.620. The van der Waals surface area contributed by atoms with Gasteiger partial charge in [0.25, 0.3) is 0 Å². The SMILES string of the molecule is CN1CCN(C(CC(=O)O)c2cc(Cl)ccc2Br)CC1. The average molecular weight is 362 g/mol. The summed E-state index contributed by atoms with van der Waals surface area (Å²) >= 11 is 9.58. The lowest BCUT2D eigenvalue weighted by molar-refractivity contribution is -0.138. The van der Waals surface area contributed by atoms with E-state index in [-0.39, 0.29) is 12.5 Å². The minimum Gasteiger partial charge on any atom is -0.481 e. The van der Waals surface area contributed by atoms with Crippen LogP contribution in [0.2, 0.25) is 5.02 Å². The van der Waals surface area contributed by atoms with E-state index in [1.165, 1.54) is 0 Å². The molecular formula is C14H18BrClN2O2. The molecule has 1 aromatic rings. The zero-order valence-electron chi connectivity index (χ0n) is 11.4. The van der Waals surface area contributed by atoms with Gasteiger partial charge in [-0.2, -0.15) is 0 Å². The molecule has 1 unspecified atom stereocenters. The number of hydrogen-bond donors (Lipinski definition) is 1. The summed E-state index contributed by atoms with van der Waals surface area (Å²) in [5.74, 6) is -0.791. The third-order valence-corrected chi connectivity index (χ3v) is 4.62. The summed E-state index contributed by atoms with van der Waals surface area (Å²) < 4.78 is 0.909. The first kappa shape index (κ1) is 15.8. The van der Waals surface area contributed by atoms with E-state index in [4.69, 9.17) is 11.6 Å². The molecule has 4 nitrogen and oxygen atoms in total. The van der Waals surface area contributed by atoms with Crippen LogP contribution in [0.4, 0.5) is 0 Å². The molecule has 1 fully saturated rings. The summed E-state index contributed by atoms with van der Waals surface area (Å²) in [5.41, 5.74) is 0.949. The molecule has 0 radical (unpaired) electrons. The van der Waals surface area contributed by atoms with Gasteiger partial charge >= 0.3 is 5.97 Å². The fourth-order valence-corrected chi connectivity index (χ4v) is 3.20. The Kier molecular flexibility index (Phi) is 5.43. The maximum absolute atomic E-state index is 11.2. The van der Waals surface area contributed by atoms with Gasteiger partial charge in [-0.3, -0.25) is 9.69 Å². The molecule has 1 aliphatic rings. The van der Waals surface area contributed by atoms with Crippen molar-refractivity contribution in [1.82, 2.24) is 9.80 Å². The van der Waals surface area contributed by atoms with Crippen LogP contribution in [0.15, 0.2) is 22.7 Å². The summed E-state index contributed by atoms with van der Waals surface area (Å²) in [6.45, 7) is 3.64. The number of carbonyl (C=O) groups is 1. The van der Waals surface area contributed by atoms with E-state index in [1.54, 1.807) is 6.07 Å². The summed E-state index contributed by atoms with van der Waals surface area (Å²) in [4.78, 5) is 15.7. The molecule has 110 valence electrons. The van der Waals surface area contributed by atoms with Crippen LogP contribution in [-0.4, -0.2) is 54.1 Å². The number of hydrogen-bond acceptors (Lipinski definition) is 3. The Labute approximate surface area is 132 Å². The number of carboxylic acids is 1. The molecule has 0 aromatic heterocycles. The Balaban J connectivity index is 2.27. The molecule has 1 saturated heterocycles. The normalized spacial score (nSPS) is 18.9. The van der Waals surface area contributed by atoms with Crippen molar-refractivity contribution in [2.75, 3.05) is 33.2 Å². The summed E-state index contributed by atoms with van der Waals surface area (Å²) in [6.07, 6.45) is 0.0860. The molecule has 0 spiro atoms. The van der Waals surface area contributed by atoms with Crippen LogP contribution in [0.3, 0.4) is 0 Å². The number of carboxylic acid groups (broad SMARTS) is 1. The van der Waals surface area contributed by atoms with Gasteiger partial charge in [0, 0.05) is 41.7 Å². The van der Waals surface area contributed by atoms with Crippen LogP contribution < -0.4 is 0 Å². The van der Waals surface area contributed by atoms with Gasteiger partial charge < -0.3 is 10.0 Å². The smallest absolute Gasteiger partial charge is 0.305 e. The van der Waals surface area contributed by atoms with Crippen molar-refractivity contribution in [1.29, 1.82) is 0 Å². The van der Waals surface area contributed by atoms with Gasteiger partial charge in [-0.15, -0.1) is 0 Å². The third-order valence-electron chi connectivity index (χ3n) is 3.66. The molecule has 1 N–H and O–H groups in total. The zero-order chi connectivity index (χ0) is 14.7.